The number of amides is 1. The molecule has 0 saturated carbocycles. The van der Waals surface area contributed by atoms with E-state index in [1.54, 1.807) is 0 Å². The Morgan fingerprint density at radius 3 is 2.44 bits per heavy atom. The smallest absolute Gasteiger partial charge is 0.367 e. The Morgan fingerprint density at radius 1 is 1.14 bits per heavy atom. The molecule has 1 amide bonds. The number of piperazine rings is 1. The van der Waals surface area contributed by atoms with Crippen LogP contribution in [0.1, 0.15) is 41.8 Å². The van der Waals surface area contributed by atoms with Crippen molar-refractivity contribution in [2.75, 3.05) is 43.4 Å². The number of alkyl halides is 3. The molecule has 1 saturated heterocycles. The molecule has 1 fully saturated rings. The minimum atomic E-state index is -4.90. The maximum atomic E-state index is 15.4. The lowest BCUT2D eigenvalue weighted by atomic mass is 9.99. The van der Waals surface area contributed by atoms with Gasteiger partial charge in [0.2, 0.25) is 5.56 Å². The van der Waals surface area contributed by atoms with Gasteiger partial charge in [-0.05, 0) is 51.6 Å². The van der Waals surface area contributed by atoms with Crippen molar-refractivity contribution in [1.29, 1.82) is 0 Å². The van der Waals surface area contributed by atoms with Crippen LogP contribution in [0.4, 0.5) is 28.9 Å². The van der Waals surface area contributed by atoms with E-state index in [4.69, 9.17) is 0 Å². The van der Waals surface area contributed by atoms with Crippen LogP contribution in [0, 0.1) is 5.82 Å². The van der Waals surface area contributed by atoms with Gasteiger partial charge < -0.3 is 20.5 Å². The Morgan fingerprint density at radius 2 is 1.83 bits per heavy atom. The van der Waals surface area contributed by atoms with Crippen molar-refractivity contribution in [3.05, 3.63) is 63.3 Å². The van der Waals surface area contributed by atoms with Crippen molar-refractivity contribution < 1.29 is 22.4 Å². The molecule has 11 heteroatoms. The highest BCUT2D eigenvalue weighted by Gasteiger charge is 2.36. The number of nitrogens with zero attached hydrogens (tertiary/aromatic N) is 2. The highest BCUT2D eigenvalue weighted by molar-refractivity contribution is 6.07. The summed E-state index contributed by atoms with van der Waals surface area (Å²) in [6.07, 6.45) is -1.54. The molecular formula is C25H29F4N5O2. The summed E-state index contributed by atoms with van der Waals surface area (Å²) in [5.74, 6) is -1.53. The van der Waals surface area contributed by atoms with E-state index in [1.807, 2.05) is 31.9 Å². The van der Waals surface area contributed by atoms with Gasteiger partial charge in [0, 0.05) is 49.5 Å². The summed E-state index contributed by atoms with van der Waals surface area (Å²) >= 11 is 0. The van der Waals surface area contributed by atoms with E-state index in [0.29, 0.717) is 43.4 Å². The Balaban J connectivity index is 1.78. The molecule has 1 aromatic heterocycles. The summed E-state index contributed by atoms with van der Waals surface area (Å²) in [4.78, 5) is 30.9. The molecule has 2 atom stereocenters. The second-order valence-electron chi connectivity index (χ2n) is 9.39. The number of H-pyrrole nitrogens is 1. The summed E-state index contributed by atoms with van der Waals surface area (Å²) in [6.45, 7) is 6.33. The third kappa shape index (κ3) is 5.31. The minimum absolute atomic E-state index is 0.126. The molecule has 2 aromatic rings. The topological polar surface area (TPSA) is 80.5 Å². The zero-order chi connectivity index (χ0) is 26.2. The van der Waals surface area contributed by atoms with Crippen molar-refractivity contribution in [3.63, 3.8) is 0 Å². The molecule has 3 N–H and O–H groups in total. The minimum Gasteiger partial charge on any atom is -0.367 e. The predicted octanol–water partition coefficient (Wildman–Crippen LogP) is 3.69. The van der Waals surface area contributed by atoms with Gasteiger partial charge in [-0.25, -0.2) is 4.39 Å². The van der Waals surface area contributed by atoms with Crippen molar-refractivity contribution >= 4 is 22.9 Å². The van der Waals surface area contributed by atoms with Crippen LogP contribution in [0.5, 0.6) is 0 Å². The van der Waals surface area contributed by atoms with Gasteiger partial charge in [0.25, 0.3) is 5.91 Å². The number of hydrogen-bond donors (Lipinski definition) is 3. The standard InChI is InChI=1S/C25H29F4N5O2/c1-14-12-34(13-15(2)33(14)3)22-9-20(26)17(16-5-4-6-30-10-16)7-21(22)32-24(36)18-11-31-23(35)8-19(18)25(27,28)29/h5,7-9,11,14-15,30H,4,6,10,12-13H2,1-3H3,(H,31,35)(H,32,36). The van der Waals surface area contributed by atoms with Gasteiger partial charge in [0.15, 0.2) is 0 Å². The molecular weight excluding hydrogens is 478 g/mol. The van der Waals surface area contributed by atoms with Crippen molar-refractivity contribution in [3.8, 4) is 0 Å². The second-order valence-corrected chi connectivity index (χ2v) is 9.39. The van der Waals surface area contributed by atoms with Crippen LogP contribution >= 0.6 is 0 Å². The molecule has 2 aliphatic heterocycles. The van der Waals surface area contributed by atoms with Gasteiger partial charge in [-0.15, -0.1) is 0 Å². The second kappa shape index (κ2) is 10.1. The average molecular weight is 508 g/mol. The van der Waals surface area contributed by atoms with E-state index in [9.17, 15) is 22.8 Å². The van der Waals surface area contributed by atoms with E-state index in [-0.39, 0.29) is 23.3 Å². The lowest BCUT2D eigenvalue weighted by Gasteiger charge is -2.44. The number of benzene rings is 1. The Kier molecular flexibility index (Phi) is 7.24. The average Bonchev–Trinajstić information content (AvgIpc) is 2.83. The molecule has 0 aliphatic carbocycles. The van der Waals surface area contributed by atoms with Gasteiger partial charge in [-0.3, -0.25) is 14.5 Å². The van der Waals surface area contributed by atoms with E-state index >= 15 is 4.39 Å². The van der Waals surface area contributed by atoms with E-state index in [0.717, 1.165) is 12.7 Å². The fourth-order valence-electron chi connectivity index (χ4n) is 4.70. The zero-order valence-electron chi connectivity index (χ0n) is 20.3. The van der Waals surface area contributed by atoms with Gasteiger partial charge >= 0.3 is 6.18 Å². The molecule has 36 heavy (non-hydrogen) atoms. The van der Waals surface area contributed by atoms with Crippen LogP contribution in [0.25, 0.3) is 5.57 Å². The van der Waals surface area contributed by atoms with Crippen molar-refractivity contribution in [2.24, 2.45) is 0 Å². The van der Waals surface area contributed by atoms with Crippen LogP contribution in [0.3, 0.4) is 0 Å². The highest BCUT2D eigenvalue weighted by atomic mass is 19.4. The lowest BCUT2D eigenvalue weighted by Crippen LogP contribution is -2.55. The summed E-state index contributed by atoms with van der Waals surface area (Å²) < 4.78 is 56.1. The first kappa shape index (κ1) is 25.9. The number of anilines is 2. The SMILES string of the molecule is CC1CN(c2cc(F)c(C3=CCCNC3)cc2NC(=O)c2c[nH]c(=O)cc2C(F)(F)F)CC(C)N1C. The lowest BCUT2D eigenvalue weighted by molar-refractivity contribution is -0.138. The molecule has 7 nitrogen and oxygen atoms in total. The first-order valence-corrected chi connectivity index (χ1v) is 11.8. The summed E-state index contributed by atoms with van der Waals surface area (Å²) in [5, 5.41) is 5.75. The quantitative estimate of drug-likeness (QED) is 0.551. The number of aromatic nitrogens is 1. The molecule has 0 radical (unpaired) electrons. The fourth-order valence-corrected chi connectivity index (χ4v) is 4.70. The molecule has 2 aliphatic rings. The highest BCUT2D eigenvalue weighted by Crippen LogP contribution is 2.36. The Labute approximate surface area is 206 Å². The van der Waals surface area contributed by atoms with Gasteiger partial charge in [0.05, 0.1) is 22.5 Å². The summed E-state index contributed by atoms with van der Waals surface area (Å²) in [7, 11) is 2.00. The molecule has 3 heterocycles. The maximum Gasteiger partial charge on any atom is 0.417 e. The first-order valence-electron chi connectivity index (χ1n) is 11.8. The van der Waals surface area contributed by atoms with Gasteiger partial charge in [-0.1, -0.05) is 6.08 Å². The number of nitrogens with one attached hydrogen (secondary N) is 3. The van der Waals surface area contributed by atoms with E-state index in [2.05, 4.69) is 20.5 Å². The summed E-state index contributed by atoms with van der Waals surface area (Å²) in [6, 6.07) is 3.42. The zero-order valence-corrected chi connectivity index (χ0v) is 20.3. The van der Waals surface area contributed by atoms with Gasteiger partial charge in [-0.2, -0.15) is 13.2 Å². The first-order chi connectivity index (χ1) is 17.0. The monoisotopic (exact) mass is 507 g/mol. The molecule has 194 valence electrons. The normalized spacial score (nSPS) is 21.3. The molecule has 0 bridgehead atoms. The molecule has 2 unspecified atom stereocenters. The van der Waals surface area contributed by atoms with Crippen LogP contribution in [0.2, 0.25) is 0 Å². The Bertz CT molecular complexity index is 1230. The van der Waals surface area contributed by atoms with E-state index in [1.165, 1.54) is 12.1 Å². The number of pyridine rings is 1. The Hall–Kier alpha value is -3.18. The van der Waals surface area contributed by atoms with Crippen LogP contribution in [0.15, 0.2) is 35.3 Å². The van der Waals surface area contributed by atoms with Gasteiger partial charge in [0.1, 0.15) is 5.82 Å². The van der Waals surface area contributed by atoms with Crippen LogP contribution in [-0.4, -0.2) is 61.1 Å². The number of rotatable bonds is 4. The number of hydrogen-bond acceptors (Lipinski definition) is 5. The predicted molar refractivity (Wildman–Crippen MR) is 131 cm³/mol. The third-order valence-electron chi connectivity index (χ3n) is 6.88. The number of aromatic amines is 1. The largest absolute Gasteiger partial charge is 0.417 e. The third-order valence-corrected chi connectivity index (χ3v) is 6.88. The number of halogens is 4. The number of carbonyl (C=O) groups is 1. The maximum absolute atomic E-state index is 15.4. The molecule has 0 spiro atoms. The van der Waals surface area contributed by atoms with E-state index < -0.39 is 34.6 Å². The van der Waals surface area contributed by atoms with Crippen molar-refractivity contribution in [2.45, 2.75) is 38.5 Å². The fraction of sp³-hybridized carbons (Fsp3) is 0.440. The van der Waals surface area contributed by atoms with Crippen LogP contribution in [-0.2, 0) is 6.18 Å². The number of carbonyl (C=O) groups excluding carboxylic acids is 1. The number of likely N-dealkylation sites (N-methyl/N-ethyl adjacent to an activating group) is 1. The summed E-state index contributed by atoms with van der Waals surface area (Å²) in [5.41, 5.74) is -1.47. The van der Waals surface area contributed by atoms with Crippen molar-refractivity contribution in [1.82, 2.24) is 15.2 Å². The molecule has 4 rings (SSSR count). The molecule has 1 aromatic carbocycles. The van der Waals surface area contributed by atoms with Crippen LogP contribution < -0.4 is 21.1 Å².